The average molecular weight is 489 g/mol. The van der Waals surface area contributed by atoms with Crippen LogP contribution in [0, 0.1) is 11.8 Å². The van der Waals surface area contributed by atoms with Gasteiger partial charge in [0.15, 0.2) is 0 Å². The van der Waals surface area contributed by atoms with Gasteiger partial charge in [0, 0.05) is 44.0 Å². The van der Waals surface area contributed by atoms with E-state index in [1.807, 2.05) is 35.0 Å². The molecule has 3 aromatic rings. The normalized spacial score (nSPS) is 23.1. The minimum Gasteiger partial charge on any atom is -0.496 e. The van der Waals surface area contributed by atoms with Crippen molar-refractivity contribution in [3.63, 3.8) is 0 Å². The van der Waals surface area contributed by atoms with Gasteiger partial charge in [-0.1, -0.05) is 53.7 Å². The molecule has 3 aliphatic heterocycles. The van der Waals surface area contributed by atoms with E-state index in [4.69, 9.17) is 4.74 Å². The number of methoxy groups -OCH3 is 1. The van der Waals surface area contributed by atoms with Crippen molar-refractivity contribution in [1.29, 1.82) is 0 Å². The minimum absolute atomic E-state index is 0.0441. The van der Waals surface area contributed by atoms with Gasteiger partial charge in [0.1, 0.15) is 5.75 Å². The third kappa shape index (κ3) is 5.77. The van der Waals surface area contributed by atoms with E-state index in [1.54, 1.807) is 7.11 Å². The molecule has 4 heterocycles. The van der Waals surface area contributed by atoms with Gasteiger partial charge in [0.2, 0.25) is 5.91 Å². The number of aromatic nitrogens is 3. The van der Waals surface area contributed by atoms with Gasteiger partial charge in [-0.15, -0.1) is 5.10 Å². The number of benzene rings is 2. The molecular formula is C28H36N6O2. The van der Waals surface area contributed by atoms with Crippen molar-refractivity contribution in [2.45, 2.75) is 45.1 Å². The molecule has 0 saturated carbocycles. The summed E-state index contributed by atoms with van der Waals surface area (Å²) < 4.78 is 7.40. The summed E-state index contributed by atoms with van der Waals surface area (Å²) in [5, 5.41) is 12.0. The fourth-order valence-electron chi connectivity index (χ4n) is 5.73. The number of para-hydroxylation sites is 1. The van der Waals surface area contributed by atoms with Crippen LogP contribution in [0.2, 0.25) is 0 Å². The van der Waals surface area contributed by atoms with Gasteiger partial charge in [0.05, 0.1) is 25.3 Å². The number of hydrogen-bond acceptors (Lipinski definition) is 6. The lowest BCUT2D eigenvalue weighted by Crippen LogP contribution is -2.58. The Balaban J connectivity index is 1.12. The first-order valence-corrected chi connectivity index (χ1v) is 12.8. The average Bonchev–Trinajstić information content (AvgIpc) is 3.34. The van der Waals surface area contributed by atoms with E-state index in [9.17, 15) is 4.79 Å². The van der Waals surface area contributed by atoms with Crippen LogP contribution < -0.4 is 10.1 Å². The molecule has 3 aliphatic rings. The molecular weight excluding hydrogens is 452 g/mol. The third-order valence-electron chi connectivity index (χ3n) is 7.57. The van der Waals surface area contributed by atoms with E-state index in [-0.39, 0.29) is 11.8 Å². The van der Waals surface area contributed by atoms with E-state index >= 15 is 0 Å². The lowest BCUT2D eigenvalue weighted by molar-refractivity contribution is -0.133. The smallest absolute Gasteiger partial charge is 0.224 e. The minimum atomic E-state index is 0.0441. The highest BCUT2D eigenvalue weighted by Gasteiger charge is 2.43. The number of piperidine rings is 3. The predicted octanol–water partition coefficient (Wildman–Crippen LogP) is 2.95. The van der Waals surface area contributed by atoms with Crippen molar-refractivity contribution < 1.29 is 9.53 Å². The van der Waals surface area contributed by atoms with Crippen LogP contribution >= 0.6 is 0 Å². The number of ether oxygens (including phenoxy) is 1. The summed E-state index contributed by atoms with van der Waals surface area (Å²) >= 11 is 0. The van der Waals surface area contributed by atoms with Crippen molar-refractivity contribution in [1.82, 2.24) is 30.1 Å². The van der Waals surface area contributed by atoms with E-state index in [1.165, 1.54) is 5.56 Å². The Labute approximate surface area is 213 Å². The van der Waals surface area contributed by atoms with E-state index in [0.29, 0.717) is 18.5 Å². The highest BCUT2D eigenvalue weighted by atomic mass is 16.5. The maximum absolute atomic E-state index is 13.1. The number of hydrogen-bond donors (Lipinski definition) is 1. The van der Waals surface area contributed by atoms with E-state index in [0.717, 1.165) is 62.6 Å². The predicted molar refractivity (Wildman–Crippen MR) is 138 cm³/mol. The summed E-state index contributed by atoms with van der Waals surface area (Å²) in [5.41, 5.74) is 3.28. The number of fused-ring (bicyclic) bond motifs is 3. The van der Waals surface area contributed by atoms with E-state index < -0.39 is 0 Å². The zero-order valence-corrected chi connectivity index (χ0v) is 21.2. The Morgan fingerprint density at radius 1 is 1.14 bits per heavy atom. The summed E-state index contributed by atoms with van der Waals surface area (Å²) in [6, 6.07) is 18.7. The summed E-state index contributed by atoms with van der Waals surface area (Å²) in [4.78, 5) is 17.8. The number of nitrogens with one attached hydrogen (secondary N) is 1. The molecule has 6 rings (SSSR count). The highest BCUT2D eigenvalue weighted by molar-refractivity contribution is 5.79. The van der Waals surface area contributed by atoms with Gasteiger partial charge in [-0.25, -0.2) is 0 Å². The summed E-state index contributed by atoms with van der Waals surface area (Å²) in [7, 11) is 3.77. The van der Waals surface area contributed by atoms with Gasteiger partial charge in [0.25, 0.3) is 0 Å². The largest absolute Gasteiger partial charge is 0.496 e. The molecule has 4 atom stereocenters. The molecule has 0 radical (unpaired) electrons. The molecule has 8 nitrogen and oxygen atoms in total. The quantitative estimate of drug-likeness (QED) is 0.473. The molecule has 1 N–H and O–H groups in total. The molecule has 0 spiro atoms. The van der Waals surface area contributed by atoms with Crippen molar-refractivity contribution in [3.05, 3.63) is 77.6 Å². The van der Waals surface area contributed by atoms with Crippen molar-refractivity contribution in [2.24, 2.45) is 11.8 Å². The second-order valence-corrected chi connectivity index (χ2v) is 10.2. The zero-order chi connectivity index (χ0) is 24.9. The highest BCUT2D eigenvalue weighted by Crippen LogP contribution is 2.37. The number of carbonyl (C=O) groups excluding carboxylic acids is 1. The van der Waals surface area contributed by atoms with Gasteiger partial charge >= 0.3 is 0 Å². The molecule has 36 heavy (non-hydrogen) atoms. The standard InChI is InChI=1S/C28H36N6O2/c1-32(16-21-8-4-3-5-9-21)17-24-18-34(31-30-24)19-25-14-22-12-13-33(25)20-26(22)28(35)29-15-23-10-6-7-11-27(23)36-2/h3-11,18,22,25-26H,12-17,19-20H2,1-2H3,(H,29,35)/t22?,25-,26+/m1/s1. The molecule has 2 bridgehead atoms. The fraction of sp³-hybridized carbons (Fsp3) is 0.464. The number of rotatable bonds is 10. The molecule has 8 heteroatoms. The van der Waals surface area contributed by atoms with Gasteiger partial charge < -0.3 is 10.1 Å². The number of nitrogens with zero attached hydrogens (tertiary/aromatic N) is 5. The maximum Gasteiger partial charge on any atom is 0.224 e. The first-order chi connectivity index (χ1) is 17.6. The maximum atomic E-state index is 13.1. The fourth-order valence-corrected chi connectivity index (χ4v) is 5.73. The lowest BCUT2D eigenvalue weighted by Gasteiger charge is -2.49. The van der Waals surface area contributed by atoms with Gasteiger partial charge in [-0.2, -0.15) is 0 Å². The Morgan fingerprint density at radius 3 is 2.72 bits per heavy atom. The van der Waals surface area contributed by atoms with Crippen LogP contribution in [-0.2, 0) is 31.0 Å². The number of amides is 1. The Kier molecular flexibility index (Phi) is 7.63. The summed E-state index contributed by atoms with van der Waals surface area (Å²) in [6.45, 7) is 4.82. The second-order valence-electron chi connectivity index (χ2n) is 10.2. The molecule has 2 aromatic carbocycles. The van der Waals surface area contributed by atoms with Crippen LogP contribution in [0.4, 0.5) is 0 Å². The first-order valence-electron chi connectivity index (χ1n) is 12.8. The second kappa shape index (κ2) is 11.2. The molecule has 0 aliphatic carbocycles. The molecule has 190 valence electrons. The zero-order valence-electron chi connectivity index (χ0n) is 21.2. The van der Waals surface area contributed by atoms with Crippen LogP contribution in [0.3, 0.4) is 0 Å². The molecule has 3 fully saturated rings. The van der Waals surface area contributed by atoms with Crippen LogP contribution in [0.15, 0.2) is 60.8 Å². The Morgan fingerprint density at radius 2 is 1.94 bits per heavy atom. The Hall–Kier alpha value is -3.23. The van der Waals surface area contributed by atoms with Crippen LogP contribution in [0.25, 0.3) is 0 Å². The number of carbonyl (C=O) groups is 1. The van der Waals surface area contributed by atoms with Crippen LogP contribution in [0.5, 0.6) is 5.75 Å². The van der Waals surface area contributed by atoms with Gasteiger partial charge in [-0.05, 0) is 44.0 Å². The van der Waals surface area contributed by atoms with Crippen molar-refractivity contribution >= 4 is 5.91 Å². The first kappa shape index (κ1) is 24.5. The van der Waals surface area contributed by atoms with Gasteiger partial charge in [-0.3, -0.25) is 19.3 Å². The SMILES string of the molecule is COc1ccccc1CNC(=O)[C@H]1CN2CCC1C[C@@H]2Cn1cc(CN(C)Cc2ccccc2)nn1. The third-order valence-corrected chi connectivity index (χ3v) is 7.57. The molecule has 1 amide bonds. The monoisotopic (exact) mass is 488 g/mol. The van der Waals surface area contributed by atoms with E-state index in [2.05, 4.69) is 62.9 Å². The van der Waals surface area contributed by atoms with Crippen LogP contribution in [-0.4, -0.2) is 64.0 Å². The topological polar surface area (TPSA) is 75.5 Å². The molecule has 2 unspecified atom stereocenters. The Bertz CT molecular complexity index is 1150. The summed E-state index contributed by atoms with van der Waals surface area (Å²) in [5.74, 6) is 1.42. The van der Waals surface area contributed by atoms with Crippen molar-refractivity contribution in [3.8, 4) is 5.75 Å². The lowest BCUT2D eigenvalue weighted by atomic mass is 9.75. The molecule has 3 saturated heterocycles. The molecule has 1 aromatic heterocycles. The van der Waals surface area contributed by atoms with Crippen molar-refractivity contribution in [2.75, 3.05) is 27.2 Å². The summed E-state index contributed by atoms with van der Waals surface area (Å²) in [6.07, 6.45) is 4.17. The van der Waals surface area contributed by atoms with Crippen LogP contribution in [0.1, 0.15) is 29.7 Å².